The van der Waals surface area contributed by atoms with Crippen LogP contribution < -0.4 is 5.73 Å². The fourth-order valence-electron chi connectivity index (χ4n) is 1.50. The molecule has 0 radical (unpaired) electrons. The van der Waals surface area contributed by atoms with E-state index < -0.39 is 0 Å². The van der Waals surface area contributed by atoms with Crippen LogP contribution in [0.4, 0.5) is 0 Å². The Morgan fingerprint density at radius 1 is 1.64 bits per heavy atom. The van der Waals surface area contributed by atoms with Gasteiger partial charge in [0.25, 0.3) is 0 Å². The van der Waals surface area contributed by atoms with Gasteiger partial charge >= 0.3 is 0 Å². The number of rotatable bonds is 0. The lowest BCUT2D eigenvalue weighted by Crippen LogP contribution is -2.26. The predicted octanol–water partition coefficient (Wildman–Crippen LogP) is 2.22. The Kier molecular flexibility index (Phi) is 1.91. The maximum Gasteiger partial charge on any atom is 0.0547 e. The van der Waals surface area contributed by atoms with Crippen LogP contribution in [-0.2, 0) is 12.8 Å². The van der Waals surface area contributed by atoms with Crippen LogP contribution >= 0.6 is 22.9 Å². The fraction of sp³-hybridized carbons (Fsp3) is 0.500. The number of fused-ring (bicyclic) bond motifs is 1. The molecule has 11 heavy (non-hydrogen) atoms. The molecule has 0 bridgehead atoms. The summed E-state index contributed by atoms with van der Waals surface area (Å²) >= 11 is 7.72. The Balaban J connectivity index is 2.36. The molecule has 1 unspecified atom stereocenters. The molecule has 60 valence electrons. The Bertz CT molecular complexity index is 269. The second-order valence-corrected chi connectivity index (χ2v) is 4.36. The van der Waals surface area contributed by atoms with Gasteiger partial charge in [-0.2, -0.15) is 0 Å². The molecule has 0 fully saturated rings. The average Bonchev–Trinajstić information content (AvgIpc) is 2.32. The smallest absolute Gasteiger partial charge is 0.0547 e. The maximum absolute atomic E-state index is 5.98. The lowest BCUT2D eigenvalue weighted by molar-refractivity contribution is 0.584. The average molecular weight is 188 g/mol. The van der Waals surface area contributed by atoms with E-state index in [2.05, 4.69) is 0 Å². The molecule has 0 aromatic carbocycles. The second-order valence-electron chi connectivity index (χ2n) is 2.99. The molecule has 1 aliphatic carbocycles. The van der Waals surface area contributed by atoms with E-state index in [-0.39, 0.29) is 0 Å². The summed E-state index contributed by atoms with van der Waals surface area (Å²) < 4.78 is 0. The number of thiophene rings is 1. The summed E-state index contributed by atoms with van der Waals surface area (Å²) in [6.45, 7) is 0. The standard InChI is InChI=1S/C8H10ClNS/c9-7-4-11-8-3-5(10)1-2-6(7)8/h4-5H,1-3,10H2. The van der Waals surface area contributed by atoms with Gasteiger partial charge in [0.2, 0.25) is 0 Å². The predicted molar refractivity (Wildman–Crippen MR) is 49.3 cm³/mol. The van der Waals surface area contributed by atoms with Crippen molar-refractivity contribution in [2.24, 2.45) is 5.73 Å². The van der Waals surface area contributed by atoms with Gasteiger partial charge in [-0.1, -0.05) is 11.6 Å². The van der Waals surface area contributed by atoms with E-state index in [4.69, 9.17) is 17.3 Å². The quantitative estimate of drug-likeness (QED) is 0.663. The summed E-state index contributed by atoms with van der Waals surface area (Å²) in [6.07, 6.45) is 3.18. The van der Waals surface area contributed by atoms with Gasteiger partial charge in [-0.05, 0) is 24.8 Å². The van der Waals surface area contributed by atoms with Gasteiger partial charge in [-0.3, -0.25) is 0 Å². The van der Waals surface area contributed by atoms with E-state index in [0.29, 0.717) is 6.04 Å². The largest absolute Gasteiger partial charge is 0.327 e. The molecule has 2 rings (SSSR count). The molecule has 0 spiro atoms. The van der Waals surface area contributed by atoms with Crippen molar-refractivity contribution in [3.05, 3.63) is 20.8 Å². The summed E-state index contributed by atoms with van der Waals surface area (Å²) in [5, 5.41) is 2.96. The number of nitrogens with two attached hydrogens (primary N) is 1. The van der Waals surface area contributed by atoms with E-state index >= 15 is 0 Å². The van der Waals surface area contributed by atoms with Crippen LogP contribution in [0.25, 0.3) is 0 Å². The van der Waals surface area contributed by atoms with Gasteiger partial charge < -0.3 is 5.73 Å². The summed E-state index contributed by atoms with van der Waals surface area (Å²) in [6, 6.07) is 0.359. The third-order valence-electron chi connectivity index (χ3n) is 2.14. The second kappa shape index (κ2) is 2.77. The van der Waals surface area contributed by atoms with E-state index in [1.54, 1.807) is 11.3 Å². The van der Waals surface area contributed by atoms with Gasteiger partial charge in [-0.15, -0.1) is 11.3 Å². The summed E-state index contributed by atoms with van der Waals surface area (Å²) in [4.78, 5) is 1.40. The van der Waals surface area contributed by atoms with Crippen LogP contribution in [0.3, 0.4) is 0 Å². The molecule has 0 saturated carbocycles. The monoisotopic (exact) mass is 187 g/mol. The first-order valence-electron chi connectivity index (χ1n) is 3.77. The topological polar surface area (TPSA) is 26.0 Å². The molecule has 1 aromatic heterocycles. The highest BCUT2D eigenvalue weighted by molar-refractivity contribution is 7.10. The Hall–Kier alpha value is -0.0500. The molecule has 0 saturated heterocycles. The fourth-order valence-corrected chi connectivity index (χ4v) is 2.95. The molecule has 1 atom stereocenters. The van der Waals surface area contributed by atoms with Gasteiger partial charge in [0.05, 0.1) is 5.02 Å². The lowest BCUT2D eigenvalue weighted by Gasteiger charge is -2.17. The van der Waals surface area contributed by atoms with Crippen LogP contribution in [0.1, 0.15) is 16.9 Å². The Morgan fingerprint density at radius 2 is 2.45 bits per heavy atom. The SMILES string of the molecule is NC1CCc2c(Cl)csc2C1. The van der Waals surface area contributed by atoms with Crippen molar-refractivity contribution in [1.82, 2.24) is 0 Å². The summed E-state index contributed by atoms with van der Waals surface area (Å²) in [5.74, 6) is 0. The first kappa shape index (κ1) is 7.59. The zero-order chi connectivity index (χ0) is 7.84. The van der Waals surface area contributed by atoms with Crippen molar-refractivity contribution in [3.8, 4) is 0 Å². The molecular weight excluding hydrogens is 178 g/mol. The molecule has 1 heterocycles. The van der Waals surface area contributed by atoms with Gasteiger partial charge in [0.1, 0.15) is 0 Å². The third kappa shape index (κ3) is 1.31. The zero-order valence-corrected chi connectivity index (χ0v) is 7.71. The summed E-state index contributed by atoms with van der Waals surface area (Å²) in [5.41, 5.74) is 7.17. The van der Waals surface area contributed by atoms with Gasteiger partial charge in [0.15, 0.2) is 0 Å². The molecule has 2 N–H and O–H groups in total. The highest BCUT2D eigenvalue weighted by Gasteiger charge is 2.18. The lowest BCUT2D eigenvalue weighted by atomic mass is 9.96. The molecule has 1 aliphatic rings. The number of hydrogen-bond donors (Lipinski definition) is 1. The first-order chi connectivity index (χ1) is 5.27. The van der Waals surface area contributed by atoms with E-state index in [0.717, 1.165) is 24.3 Å². The maximum atomic E-state index is 5.98. The minimum Gasteiger partial charge on any atom is -0.327 e. The molecule has 0 amide bonds. The van der Waals surface area contributed by atoms with E-state index in [9.17, 15) is 0 Å². The highest BCUT2D eigenvalue weighted by Crippen LogP contribution is 2.32. The van der Waals surface area contributed by atoms with Crippen molar-refractivity contribution in [2.75, 3.05) is 0 Å². The van der Waals surface area contributed by atoms with E-state index in [1.165, 1.54) is 10.4 Å². The Morgan fingerprint density at radius 3 is 3.27 bits per heavy atom. The number of halogens is 1. The first-order valence-corrected chi connectivity index (χ1v) is 5.03. The van der Waals surface area contributed by atoms with Gasteiger partial charge in [-0.25, -0.2) is 0 Å². The Labute approximate surface area is 75.2 Å². The zero-order valence-electron chi connectivity index (χ0n) is 6.14. The molecular formula is C8H10ClNS. The molecule has 1 aromatic rings. The van der Waals surface area contributed by atoms with Crippen molar-refractivity contribution >= 4 is 22.9 Å². The van der Waals surface area contributed by atoms with Crippen LogP contribution in [0.5, 0.6) is 0 Å². The van der Waals surface area contributed by atoms with Crippen molar-refractivity contribution in [1.29, 1.82) is 0 Å². The number of hydrogen-bond acceptors (Lipinski definition) is 2. The third-order valence-corrected chi connectivity index (χ3v) is 3.66. The summed E-state index contributed by atoms with van der Waals surface area (Å²) in [7, 11) is 0. The van der Waals surface area contributed by atoms with Crippen molar-refractivity contribution in [2.45, 2.75) is 25.3 Å². The van der Waals surface area contributed by atoms with Crippen LogP contribution in [0.2, 0.25) is 5.02 Å². The van der Waals surface area contributed by atoms with E-state index in [1.807, 2.05) is 5.38 Å². The molecule has 3 heteroatoms. The van der Waals surface area contributed by atoms with Gasteiger partial charge in [0, 0.05) is 16.3 Å². The van der Waals surface area contributed by atoms with Crippen molar-refractivity contribution < 1.29 is 0 Å². The van der Waals surface area contributed by atoms with Crippen LogP contribution in [0, 0.1) is 0 Å². The normalized spacial score (nSPS) is 23.3. The minimum absolute atomic E-state index is 0.359. The van der Waals surface area contributed by atoms with Crippen LogP contribution in [0.15, 0.2) is 5.38 Å². The minimum atomic E-state index is 0.359. The molecule has 0 aliphatic heterocycles. The van der Waals surface area contributed by atoms with Crippen molar-refractivity contribution in [3.63, 3.8) is 0 Å². The molecule has 1 nitrogen and oxygen atoms in total. The highest BCUT2D eigenvalue weighted by atomic mass is 35.5. The van der Waals surface area contributed by atoms with Crippen LogP contribution in [-0.4, -0.2) is 6.04 Å².